The van der Waals surface area contributed by atoms with Gasteiger partial charge < -0.3 is 10.2 Å². The van der Waals surface area contributed by atoms with Crippen molar-refractivity contribution in [3.63, 3.8) is 0 Å². The van der Waals surface area contributed by atoms with Crippen LogP contribution in [0.25, 0.3) is 0 Å². The molecule has 29 heavy (non-hydrogen) atoms. The molecule has 0 amide bonds. The van der Waals surface area contributed by atoms with Crippen LogP contribution in [-0.4, -0.2) is 24.8 Å². The number of hydrogen-bond acceptors (Lipinski definition) is 5. The zero-order valence-corrected chi connectivity index (χ0v) is 16.4. The maximum absolute atomic E-state index is 12.8. The van der Waals surface area contributed by atoms with E-state index in [0.29, 0.717) is 5.56 Å². The van der Waals surface area contributed by atoms with Crippen molar-refractivity contribution in [1.29, 1.82) is 0 Å². The van der Waals surface area contributed by atoms with Crippen LogP contribution < -0.4 is 10.2 Å². The van der Waals surface area contributed by atoms with Gasteiger partial charge in [0.1, 0.15) is 0 Å². The number of non-ortho nitro benzene ring substituents is 1. The second-order valence-electron chi connectivity index (χ2n) is 6.98. The van der Waals surface area contributed by atoms with Crippen LogP contribution in [-0.2, 0) is 0 Å². The number of nitrogens with one attached hydrogen (secondary N) is 1. The van der Waals surface area contributed by atoms with Crippen LogP contribution in [0.15, 0.2) is 78.9 Å². The topological polar surface area (TPSA) is 75.5 Å². The Hall–Kier alpha value is -3.67. The summed E-state index contributed by atoms with van der Waals surface area (Å²) in [6, 6.07) is 23.1. The Balaban J connectivity index is 1.86. The van der Waals surface area contributed by atoms with Crippen molar-refractivity contribution in [3.05, 3.63) is 100 Å². The van der Waals surface area contributed by atoms with Gasteiger partial charge in [-0.1, -0.05) is 42.5 Å². The molecule has 3 aromatic carbocycles. The Bertz CT molecular complexity index is 969. The average molecular weight is 389 g/mol. The van der Waals surface area contributed by atoms with Gasteiger partial charge in [-0.2, -0.15) is 0 Å². The Morgan fingerprint density at radius 2 is 1.59 bits per heavy atom. The third-order valence-electron chi connectivity index (χ3n) is 4.72. The van der Waals surface area contributed by atoms with E-state index in [4.69, 9.17) is 0 Å². The lowest BCUT2D eigenvalue weighted by atomic mass is 9.97. The zero-order valence-electron chi connectivity index (χ0n) is 16.4. The molecule has 0 radical (unpaired) electrons. The quantitative estimate of drug-likeness (QED) is 0.330. The lowest BCUT2D eigenvalue weighted by molar-refractivity contribution is -0.384. The van der Waals surface area contributed by atoms with E-state index in [2.05, 4.69) is 5.32 Å². The van der Waals surface area contributed by atoms with Crippen molar-refractivity contribution in [3.8, 4) is 0 Å². The second kappa shape index (κ2) is 9.01. The lowest BCUT2D eigenvalue weighted by Crippen LogP contribution is -2.16. The van der Waals surface area contributed by atoms with E-state index in [1.807, 2.05) is 61.5 Å². The summed E-state index contributed by atoms with van der Waals surface area (Å²) in [5.74, 6) is 0.0293. The molecule has 0 bridgehead atoms. The molecule has 6 nitrogen and oxygen atoms in total. The first-order valence-corrected chi connectivity index (χ1v) is 9.30. The third kappa shape index (κ3) is 5.19. The standard InChI is InChI=1S/C23H23N3O3/c1-25(2)20-12-8-17(9-13-20)22(16-23(27)18-6-4-3-5-7-18)24-19-10-14-21(15-11-19)26(28)29/h3-15,22,24H,16H2,1-2H3. The average Bonchev–Trinajstić information content (AvgIpc) is 2.74. The van der Waals surface area contributed by atoms with Crippen LogP contribution in [0.2, 0.25) is 0 Å². The molecule has 0 aliphatic heterocycles. The van der Waals surface area contributed by atoms with Gasteiger partial charge in [-0.05, 0) is 29.8 Å². The summed E-state index contributed by atoms with van der Waals surface area (Å²) in [5.41, 5.74) is 3.45. The first-order chi connectivity index (χ1) is 13.9. The molecular formula is C23H23N3O3. The van der Waals surface area contributed by atoms with Gasteiger partial charge in [-0.3, -0.25) is 14.9 Å². The fourth-order valence-electron chi connectivity index (χ4n) is 3.06. The summed E-state index contributed by atoms with van der Waals surface area (Å²) in [4.78, 5) is 25.3. The first kappa shape index (κ1) is 20.1. The van der Waals surface area contributed by atoms with E-state index < -0.39 is 4.92 Å². The summed E-state index contributed by atoms with van der Waals surface area (Å²) in [6.45, 7) is 0. The number of carbonyl (C=O) groups excluding carboxylic acids is 1. The largest absolute Gasteiger partial charge is 0.378 e. The molecule has 0 aliphatic rings. The minimum atomic E-state index is -0.430. The van der Waals surface area contributed by atoms with Crippen molar-refractivity contribution >= 4 is 22.8 Å². The second-order valence-corrected chi connectivity index (χ2v) is 6.98. The molecule has 3 aromatic rings. The number of rotatable bonds is 8. The minimum absolute atomic E-state index is 0.0293. The van der Waals surface area contributed by atoms with Gasteiger partial charge in [-0.25, -0.2) is 0 Å². The molecule has 0 saturated carbocycles. The van der Waals surface area contributed by atoms with Crippen LogP contribution in [0.5, 0.6) is 0 Å². The third-order valence-corrected chi connectivity index (χ3v) is 4.72. The maximum Gasteiger partial charge on any atom is 0.269 e. The Labute approximate surface area is 169 Å². The van der Waals surface area contributed by atoms with Crippen molar-refractivity contribution in [2.75, 3.05) is 24.3 Å². The molecule has 148 valence electrons. The van der Waals surface area contributed by atoms with E-state index in [1.54, 1.807) is 24.3 Å². The van der Waals surface area contributed by atoms with Crippen molar-refractivity contribution in [2.24, 2.45) is 0 Å². The van der Waals surface area contributed by atoms with Gasteiger partial charge in [-0.15, -0.1) is 0 Å². The highest BCUT2D eigenvalue weighted by atomic mass is 16.6. The number of nitro groups is 1. The normalized spacial score (nSPS) is 11.5. The monoisotopic (exact) mass is 389 g/mol. The summed E-state index contributed by atoms with van der Waals surface area (Å²) >= 11 is 0. The van der Waals surface area contributed by atoms with Crippen molar-refractivity contribution in [2.45, 2.75) is 12.5 Å². The predicted octanol–water partition coefficient (Wildman–Crippen LogP) is 5.09. The molecule has 0 aliphatic carbocycles. The Morgan fingerprint density at radius 1 is 0.966 bits per heavy atom. The molecule has 1 N–H and O–H groups in total. The fraction of sp³-hybridized carbons (Fsp3) is 0.174. The summed E-state index contributed by atoms with van der Waals surface area (Å²) in [5, 5.41) is 14.2. The number of ketones is 1. The molecule has 0 spiro atoms. The van der Waals surface area contributed by atoms with Gasteiger partial charge in [0.15, 0.2) is 5.78 Å². The van der Waals surface area contributed by atoms with Gasteiger partial charge in [0.2, 0.25) is 0 Å². The van der Waals surface area contributed by atoms with E-state index in [-0.39, 0.29) is 23.9 Å². The van der Waals surface area contributed by atoms with Gasteiger partial charge in [0.05, 0.1) is 11.0 Å². The van der Waals surface area contributed by atoms with E-state index in [0.717, 1.165) is 16.9 Å². The number of Topliss-reactive ketones (excluding diaryl/α,β-unsaturated/α-hetero) is 1. The summed E-state index contributed by atoms with van der Waals surface area (Å²) in [7, 11) is 3.95. The Kier molecular flexibility index (Phi) is 6.24. The molecule has 3 rings (SSSR count). The minimum Gasteiger partial charge on any atom is -0.378 e. The van der Waals surface area contributed by atoms with Crippen LogP contribution in [0, 0.1) is 10.1 Å². The number of benzene rings is 3. The number of hydrogen-bond donors (Lipinski definition) is 1. The number of carbonyl (C=O) groups is 1. The zero-order chi connectivity index (χ0) is 20.8. The predicted molar refractivity (Wildman–Crippen MR) is 116 cm³/mol. The van der Waals surface area contributed by atoms with Crippen LogP contribution in [0.1, 0.15) is 28.4 Å². The lowest BCUT2D eigenvalue weighted by Gasteiger charge is -2.21. The number of nitrogens with zero attached hydrogens (tertiary/aromatic N) is 2. The SMILES string of the molecule is CN(C)c1ccc(C(CC(=O)c2ccccc2)Nc2ccc([N+](=O)[O-])cc2)cc1. The van der Waals surface area contributed by atoms with E-state index in [9.17, 15) is 14.9 Å². The highest BCUT2D eigenvalue weighted by molar-refractivity contribution is 5.96. The van der Waals surface area contributed by atoms with Gasteiger partial charge >= 0.3 is 0 Å². The first-order valence-electron chi connectivity index (χ1n) is 9.30. The smallest absolute Gasteiger partial charge is 0.269 e. The highest BCUT2D eigenvalue weighted by Crippen LogP contribution is 2.27. The number of nitro benzene ring substituents is 1. The molecule has 0 saturated heterocycles. The van der Waals surface area contributed by atoms with E-state index in [1.165, 1.54) is 12.1 Å². The van der Waals surface area contributed by atoms with Gasteiger partial charge in [0.25, 0.3) is 5.69 Å². The van der Waals surface area contributed by atoms with Crippen molar-refractivity contribution in [1.82, 2.24) is 0 Å². The molecule has 1 atom stereocenters. The fourth-order valence-corrected chi connectivity index (χ4v) is 3.06. The molecule has 0 fully saturated rings. The van der Waals surface area contributed by atoms with Crippen LogP contribution in [0.4, 0.5) is 17.1 Å². The molecular weight excluding hydrogens is 366 g/mol. The Morgan fingerprint density at radius 3 is 2.14 bits per heavy atom. The maximum atomic E-state index is 12.8. The van der Waals surface area contributed by atoms with Crippen LogP contribution >= 0.6 is 0 Å². The van der Waals surface area contributed by atoms with Crippen molar-refractivity contribution < 1.29 is 9.72 Å². The van der Waals surface area contributed by atoms with Crippen LogP contribution in [0.3, 0.4) is 0 Å². The van der Waals surface area contributed by atoms with Gasteiger partial charge in [0, 0.05) is 49.6 Å². The number of anilines is 2. The highest BCUT2D eigenvalue weighted by Gasteiger charge is 2.18. The molecule has 1 unspecified atom stereocenters. The van der Waals surface area contributed by atoms with E-state index >= 15 is 0 Å². The molecule has 0 aromatic heterocycles. The summed E-state index contributed by atoms with van der Waals surface area (Å²) in [6.07, 6.45) is 0.266. The summed E-state index contributed by atoms with van der Waals surface area (Å²) < 4.78 is 0. The molecule has 0 heterocycles. The molecule has 6 heteroatoms.